The van der Waals surface area contributed by atoms with Crippen molar-refractivity contribution < 1.29 is 4.79 Å². The largest absolute Gasteiger partial charge is 0.325 e. The highest BCUT2D eigenvalue weighted by molar-refractivity contribution is 8.00. The Balaban J connectivity index is 1.71. The number of hydrogen-bond donors (Lipinski definition) is 0. The van der Waals surface area contributed by atoms with Gasteiger partial charge in [-0.2, -0.15) is 0 Å². The average Bonchev–Trinajstić information content (AvgIpc) is 2.52. The number of likely N-dealkylation sites (tertiary alicyclic amines) is 1. The van der Waals surface area contributed by atoms with Crippen molar-refractivity contribution in [2.75, 3.05) is 0 Å². The molecule has 1 fully saturated rings. The molecule has 0 N–H and O–H groups in total. The third-order valence-electron chi connectivity index (χ3n) is 3.60. The summed E-state index contributed by atoms with van der Waals surface area (Å²) in [5.74, 6) is 0.353. The van der Waals surface area contributed by atoms with Gasteiger partial charge in [0.05, 0.1) is 11.3 Å². The second kappa shape index (κ2) is 5.71. The van der Waals surface area contributed by atoms with Gasteiger partial charge in [-0.25, -0.2) is 0 Å². The summed E-state index contributed by atoms with van der Waals surface area (Å²) in [6.45, 7) is 2.72. The first-order valence-corrected chi connectivity index (χ1v) is 7.70. The van der Waals surface area contributed by atoms with E-state index in [4.69, 9.17) is 0 Å². The monoisotopic (exact) mass is 283 g/mol. The fraction of sp³-hybridized carbons (Fsp3) is 0.235. The number of β-lactam (4-membered cyclic amide) rings is 1. The minimum Gasteiger partial charge on any atom is -0.325 e. The maximum absolute atomic E-state index is 12.1. The molecule has 0 spiro atoms. The van der Waals surface area contributed by atoms with Crippen molar-refractivity contribution in [3.8, 4) is 0 Å². The molecule has 0 saturated carbocycles. The highest BCUT2D eigenvalue weighted by atomic mass is 32.2. The van der Waals surface area contributed by atoms with E-state index in [9.17, 15) is 4.79 Å². The molecule has 20 heavy (non-hydrogen) atoms. The van der Waals surface area contributed by atoms with Crippen molar-refractivity contribution in [1.29, 1.82) is 0 Å². The molecule has 0 radical (unpaired) electrons. The van der Waals surface area contributed by atoms with Crippen LogP contribution >= 0.6 is 11.8 Å². The zero-order valence-electron chi connectivity index (χ0n) is 11.4. The molecule has 1 amide bonds. The Hall–Kier alpha value is -1.74. The molecule has 2 atom stereocenters. The maximum atomic E-state index is 12.1. The number of nitrogens with zero attached hydrogens (tertiary/aromatic N) is 1. The minimum atomic E-state index is 0.101. The molecule has 3 rings (SSSR count). The first-order valence-electron chi connectivity index (χ1n) is 6.82. The summed E-state index contributed by atoms with van der Waals surface area (Å²) in [4.78, 5) is 15.3. The van der Waals surface area contributed by atoms with Crippen LogP contribution in [0.3, 0.4) is 0 Å². The topological polar surface area (TPSA) is 20.3 Å². The van der Waals surface area contributed by atoms with Gasteiger partial charge in [-0.05, 0) is 17.7 Å². The van der Waals surface area contributed by atoms with Crippen molar-refractivity contribution in [3.05, 3.63) is 66.2 Å². The first kappa shape index (κ1) is 13.3. The number of amides is 1. The third kappa shape index (κ3) is 2.59. The second-order valence-electron chi connectivity index (χ2n) is 5.06. The molecule has 102 valence electrons. The predicted octanol–water partition coefficient (Wildman–Crippen LogP) is 3.78. The predicted molar refractivity (Wildman–Crippen MR) is 82.2 cm³/mol. The molecule has 1 saturated heterocycles. The molecule has 1 heterocycles. The van der Waals surface area contributed by atoms with Crippen LogP contribution in [0.4, 0.5) is 0 Å². The Morgan fingerprint density at radius 3 is 2.25 bits per heavy atom. The summed E-state index contributed by atoms with van der Waals surface area (Å²) in [5, 5.41) is 0.241. The zero-order valence-corrected chi connectivity index (χ0v) is 12.2. The van der Waals surface area contributed by atoms with Gasteiger partial charge in [-0.1, -0.05) is 55.5 Å². The van der Waals surface area contributed by atoms with Crippen molar-refractivity contribution in [1.82, 2.24) is 4.90 Å². The lowest BCUT2D eigenvalue weighted by molar-refractivity contribution is -0.149. The van der Waals surface area contributed by atoms with E-state index >= 15 is 0 Å². The quantitative estimate of drug-likeness (QED) is 0.796. The molecular formula is C17H17NOS. The van der Waals surface area contributed by atoms with Crippen LogP contribution in [0.1, 0.15) is 12.5 Å². The van der Waals surface area contributed by atoms with Crippen LogP contribution in [0, 0.1) is 5.92 Å². The molecule has 2 nitrogen and oxygen atoms in total. The summed E-state index contributed by atoms with van der Waals surface area (Å²) in [6.07, 6.45) is 0. The molecule has 0 bridgehead atoms. The van der Waals surface area contributed by atoms with E-state index in [1.807, 2.05) is 48.2 Å². The lowest BCUT2D eigenvalue weighted by atomic mass is 10.00. The molecule has 2 aromatic carbocycles. The van der Waals surface area contributed by atoms with E-state index in [1.165, 1.54) is 10.5 Å². The highest BCUT2D eigenvalue weighted by Gasteiger charge is 2.44. The van der Waals surface area contributed by atoms with Crippen LogP contribution < -0.4 is 0 Å². The van der Waals surface area contributed by atoms with Gasteiger partial charge in [0.2, 0.25) is 5.91 Å². The van der Waals surface area contributed by atoms with E-state index in [0.717, 1.165) is 0 Å². The van der Waals surface area contributed by atoms with Crippen LogP contribution in [-0.4, -0.2) is 16.2 Å². The van der Waals surface area contributed by atoms with Crippen LogP contribution in [0.25, 0.3) is 0 Å². The lowest BCUT2D eigenvalue weighted by Gasteiger charge is -2.45. The average molecular weight is 283 g/mol. The number of rotatable bonds is 4. The van der Waals surface area contributed by atoms with Gasteiger partial charge in [-0.3, -0.25) is 4.79 Å². The summed E-state index contributed by atoms with van der Waals surface area (Å²) in [5.41, 5.74) is 1.19. The molecular weight excluding hydrogens is 266 g/mol. The molecule has 0 aromatic heterocycles. The number of carbonyl (C=O) groups excluding carboxylic acids is 1. The van der Waals surface area contributed by atoms with Gasteiger partial charge in [0, 0.05) is 11.4 Å². The van der Waals surface area contributed by atoms with Crippen molar-refractivity contribution in [2.45, 2.75) is 23.7 Å². The van der Waals surface area contributed by atoms with E-state index in [0.29, 0.717) is 6.54 Å². The highest BCUT2D eigenvalue weighted by Crippen LogP contribution is 2.39. The molecule has 0 unspecified atom stereocenters. The molecule has 3 heteroatoms. The zero-order chi connectivity index (χ0) is 13.9. The third-order valence-corrected chi connectivity index (χ3v) is 5.05. The smallest absolute Gasteiger partial charge is 0.229 e. The fourth-order valence-electron chi connectivity index (χ4n) is 2.45. The first-order chi connectivity index (χ1) is 9.75. The molecule has 1 aliphatic heterocycles. The van der Waals surface area contributed by atoms with E-state index in [1.54, 1.807) is 11.8 Å². The van der Waals surface area contributed by atoms with Gasteiger partial charge in [-0.15, -0.1) is 11.8 Å². The maximum Gasteiger partial charge on any atom is 0.229 e. The number of benzene rings is 2. The van der Waals surface area contributed by atoms with Crippen molar-refractivity contribution in [2.24, 2.45) is 5.92 Å². The standard InChI is InChI=1S/C17H17NOS/c1-13-16(19)18(12-14-8-4-2-5-9-14)17(13)20-15-10-6-3-7-11-15/h2-11,13,17H,12H2,1H3/t13-,17-/m1/s1. The molecule has 2 aromatic rings. The van der Waals surface area contributed by atoms with Crippen LogP contribution in [0.2, 0.25) is 0 Å². The molecule has 0 aliphatic carbocycles. The van der Waals surface area contributed by atoms with Crippen molar-refractivity contribution >= 4 is 17.7 Å². The van der Waals surface area contributed by atoms with Gasteiger partial charge in [0.25, 0.3) is 0 Å². The summed E-state index contributed by atoms with van der Waals surface area (Å²) in [7, 11) is 0. The number of carbonyl (C=O) groups is 1. The Kier molecular flexibility index (Phi) is 3.79. The van der Waals surface area contributed by atoms with Gasteiger partial charge >= 0.3 is 0 Å². The second-order valence-corrected chi connectivity index (χ2v) is 6.25. The van der Waals surface area contributed by atoms with Gasteiger partial charge in [0.1, 0.15) is 0 Å². The minimum absolute atomic E-state index is 0.101. The lowest BCUT2D eigenvalue weighted by Crippen LogP contribution is -2.57. The van der Waals surface area contributed by atoms with Gasteiger partial charge in [0.15, 0.2) is 0 Å². The van der Waals surface area contributed by atoms with E-state index in [-0.39, 0.29) is 17.2 Å². The van der Waals surface area contributed by atoms with Crippen molar-refractivity contribution in [3.63, 3.8) is 0 Å². The summed E-state index contributed by atoms with van der Waals surface area (Å²) in [6, 6.07) is 20.5. The Morgan fingerprint density at radius 2 is 1.60 bits per heavy atom. The van der Waals surface area contributed by atoms with Gasteiger partial charge < -0.3 is 4.90 Å². The number of thioether (sulfide) groups is 1. The van der Waals surface area contributed by atoms with E-state index < -0.39 is 0 Å². The van der Waals surface area contributed by atoms with Crippen LogP contribution in [0.15, 0.2) is 65.6 Å². The Labute approximate surface area is 123 Å². The normalized spacial score (nSPS) is 21.6. The SMILES string of the molecule is C[C@@H]1C(=O)N(Cc2ccccc2)[C@@H]1Sc1ccccc1. The summed E-state index contributed by atoms with van der Waals surface area (Å²) < 4.78 is 0. The van der Waals surface area contributed by atoms with Crippen LogP contribution in [-0.2, 0) is 11.3 Å². The van der Waals surface area contributed by atoms with E-state index in [2.05, 4.69) is 24.3 Å². The number of hydrogen-bond acceptors (Lipinski definition) is 2. The summed E-state index contributed by atoms with van der Waals surface area (Å²) >= 11 is 1.77. The van der Waals surface area contributed by atoms with Crippen LogP contribution in [0.5, 0.6) is 0 Å². The fourth-order valence-corrected chi connectivity index (χ4v) is 3.67. The molecule has 1 aliphatic rings. The Morgan fingerprint density at radius 1 is 1.00 bits per heavy atom. The Bertz CT molecular complexity index is 584.